The number of benzene rings is 2. The molecule has 0 aliphatic rings. The van der Waals surface area contributed by atoms with Crippen LogP contribution in [0.25, 0.3) is 0 Å². The molecule has 192 valence electrons. The zero-order chi connectivity index (χ0) is 26.2. The number of aryl methyl sites for hydroxylation is 1. The number of likely N-dealkylation sites (N-methyl/N-ethyl adjacent to an activating group) is 1. The Kier molecular flexibility index (Phi) is 10.3. The van der Waals surface area contributed by atoms with Crippen molar-refractivity contribution in [2.24, 2.45) is 5.92 Å². The lowest BCUT2D eigenvalue weighted by molar-refractivity contribution is -0.141. The molecule has 2 aromatic rings. The van der Waals surface area contributed by atoms with E-state index < -0.39 is 22.0 Å². The molecule has 0 saturated carbocycles. The van der Waals surface area contributed by atoms with E-state index >= 15 is 0 Å². The Morgan fingerprint density at radius 1 is 1.03 bits per heavy atom. The highest BCUT2D eigenvalue weighted by molar-refractivity contribution is 7.89. The molecule has 0 heterocycles. The van der Waals surface area contributed by atoms with Crippen LogP contribution >= 0.6 is 0 Å². The van der Waals surface area contributed by atoms with E-state index in [2.05, 4.69) is 5.32 Å². The van der Waals surface area contributed by atoms with Crippen LogP contribution in [0.2, 0.25) is 0 Å². The van der Waals surface area contributed by atoms with Gasteiger partial charge in [-0.3, -0.25) is 9.59 Å². The maximum Gasteiger partial charge on any atom is 0.243 e. The minimum absolute atomic E-state index is 0.113. The van der Waals surface area contributed by atoms with Gasteiger partial charge < -0.3 is 15.0 Å². The smallest absolute Gasteiger partial charge is 0.243 e. The van der Waals surface area contributed by atoms with E-state index in [1.807, 2.05) is 39.8 Å². The van der Waals surface area contributed by atoms with Crippen LogP contribution < -0.4 is 10.1 Å². The molecule has 0 bridgehead atoms. The van der Waals surface area contributed by atoms with E-state index in [1.165, 1.54) is 24.1 Å². The molecule has 0 aliphatic heterocycles. The van der Waals surface area contributed by atoms with Gasteiger partial charge in [-0.15, -0.1) is 0 Å². The summed E-state index contributed by atoms with van der Waals surface area (Å²) < 4.78 is 32.3. The predicted octanol–water partition coefficient (Wildman–Crippen LogP) is 3.20. The summed E-state index contributed by atoms with van der Waals surface area (Å²) in [4.78, 5) is 28.0. The molecule has 0 aliphatic carbocycles. The molecular formula is C26H37N3O5S. The van der Waals surface area contributed by atoms with Crippen molar-refractivity contribution in [1.29, 1.82) is 0 Å². The number of sulfonamides is 1. The predicted molar refractivity (Wildman–Crippen MR) is 136 cm³/mol. The highest BCUT2D eigenvalue weighted by atomic mass is 32.2. The first-order valence-electron chi connectivity index (χ1n) is 11.7. The molecule has 35 heavy (non-hydrogen) atoms. The van der Waals surface area contributed by atoms with Gasteiger partial charge in [0.2, 0.25) is 21.8 Å². The minimum Gasteiger partial charge on any atom is -0.497 e. The van der Waals surface area contributed by atoms with E-state index in [4.69, 9.17) is 4.74 Å². The summed E-state index contributed by atoms with van der Waals surface area (Å²) in [6.45, 7) is 7.95. The van der Waals surface area contributed by atoms with Crippen molar-refractivity contribution in [3.63, 3.8) is 0 Å². The molecule has 2 aromatic carbocycles. The van der Waals surface area contributed by atoms with Crippen LogP contribution in [0.5, 0.6) is 5.75 Å². The molecule has 1 atom stereocenters. The van der Waals surface area contributed by atoms with Crippen molar-refractivity contribution in [2.45, 2.75) is 51.6 Å². The molecule has 2 rings (SSSR count). The number of carbonyl (C=O) groups is 2. The van der Waals surface area contributed by atoms with Gasteiger partial charge in [0, 0.05) is 20.1 Å². The molecule has 0 fully saturated rings. The summed E-state index contributed by atoms with van der Waals surface area (Å²) in [7, 11) is -0.927. The quantitative estimate of drug-likeness (QED) is 0.480. The van der Waals surface area contributed by atoms with E-state index in [1.54, 1.807) is 31.4 Å². The Balaban J connectivity index is 2.31. The third-order valence-electron chi connectivity index (χ3n) is 5.67. The molecule has 2 amide bonds. The molecule has 1 N–H and O–H groups in total. The lowest BCUT2D eigenvalue weighted by Crippen LogP contribution is -2.52. The second-order valence-electron chi connectivity index (χ2n) is 9.01. The van der Waals surface area contributed by atoms with Gasteiger partial charge in [-0.2, -0.15) is 4.31 Å². The number of amides is 2. The van der Waals surface area contributed by atoms with Crippen molar-refractivity contribution < 1.29 is 22.7 Å². The van der Waals surface area contributed by atoms with Crippen LogP contribution in [0.1, 0.15) is 38.3 Å². The third-order valence-corrected chi connectivity index (χ3v) is 7.49. The van der Waals surface area contributed by atoms with Gasteiger partial charge in [-0.05, 0) is 49.1 Å². The highest BCUT2D eigenvalue weighted by Gasteiger charge is 2.31. The second kappa shape index (κ2) is 12.7. The van der Waals surface area contributed by atoms with Gasteiger partial charge in [-0.25, -0.2) is 8.42 Å². The van der Waals surface area contributed by atoms with Gasteiger partial charge in [0.15, 0.2) is 0 Å². The highest BCUT2D eigenvalue weighted by Crippen LogP contribution is 2.19. The number of methoxy groups -OCH3 is 1. The second-order valence-corrected chi connectivity index (χ2v) is 11.1. The number of carbonyl (C=O) groups excluding carboxylic acids is 2. The zero-order valence-electron chi connectivity index (χ0n) is 21.4. The topological polar surface area (TPSA) is 96.0 Å². The average molecular weight is 504 g/mol. The van der Waals surface area contributed by atoms with Crippen molar-refractivity contribution in [3.8, 4) is 5.75 Å². The summed E-state index contributed by atoms with van der Waals surface area (Å²) >= 11 is 0. The molecule has 0 saturated heterocycles. The SMILES string of the molecule is CC[C@@H](C(=O)NCC(C)C)N(Cc1ccc(OC)cc1)C(=O)CN(C)S(=O)(=O)c1ccc(C)cc1. The number of nitrogens with zero attached hydrogens (tertiary/aromatic N) is 2. The maximum absolute atomic E-state index is 13.5. The van der Waals surface area contributed by atoms with Gasteiger partial charge in [-0.1, -0.05) is 50.6 Å². The summed E-state index contributed by atoms with van der Waals surface area (Å²) in [6.07, 6.45) is 0.389. The van der Waals surface area contributed by atoms with Crippen LogP contribution in [0.15, 0.2) is 53.4 Å². The number of ether oxygens (including phenoxy) is 1. The minimum atomic E-state index is -3.87. The monoisotopic (exact) mass is 503 g/mol. The number of hydrogen-bond donors (Lipinski definition) is 1. The Morgan fingerprint density at radius 2 is 1.63 bits per heavy atom. The van der Waals surface area contributed by atoms with Crippen LogP contribution in [-0.4, -0.2) is 62.7 Å². The average Bonchev–Trinajstić information content (AvgIpc) is 2.83. The van der Waals surface area contributed by atoms with Crippen LogP contribution in [0.4, 0.5) is 0 Å². The van der Waals surface area contributed by atoms with Gasteiger partial charge in [0.25, 0.3) is 0 Å². The Morgan fingerprint density at radius 3 is 2.14 bits per heavy atom. The normalized spacial score (nSPS) is 12.5. The van der Waals surface area contributed by atoms with Gasteiger partial charge in [0.1, 0.15) is 11.8 Å². The lowest BCUT2D eigenvalue weighted by Gasteiger charge is -2.32. The van der Waals surface area contributed by atoms with Crippen LogP contribution in [0.3, 0.4) is 0 Å². The first-order valence-corrected chi connectivity index (χ1v) is 13.2. The fourth-order valence-corrected chi connectivity index (χ4v) is 4.65. The van der Waals surface area contributed by atoms with E-state index in [0.717, 1.165) is 15.4 Å². The molecule has 0 aromatic heterocycles. The van der Waals surface area contributed by atoms with E-state index in [9.17, 15) is 18.0 Å². The van der Waals surface area contributed by atoms with Crippen molar-refractivity contribution in [2.75, 3.05) is 27.2 Å². The fourth-order valence-electron chi connectivity index (χ4n) is 3.53. The van der Waals surface area contributed by atoms with Crippen LogP contribution in [-0.2, 0) is 26.2 Å². The lowest BCUT2D eigenvalue weighted by atomic mass is 10.1. The zero-order valence-corrected chi connectivity index (χ0v) is 22.3. The molecule has 0 radical (unpaired) electrons. The maximum atomic E-state index is 13.5. The first-order chi connectivity index (χ1) is 16.5. The molecule has 0 spiro atoms. The summed E-state index contributed by atoms with van der Waals surface area (Å²) in [5.41, 5.74) is 1.74. The van der Waals surface area contributed by atoms with E-state index in [-0.39, 0.29) is 29.8 Å². The van der Waals surface area contributed by atoms with E-state index in [0.29, 0.717) is 18.7 Å². The Labute approximate surface area is 209 Å². The molecular weight excluding hydrogens is 466 g/mol. The fraction of sp³-hybridized carbons (Fsp3) is 0.462. The summed E-state index contributed by atoms with van der Waals surface area (Å²) in [6, 6.07) is 12.9. The van der Waals surface area contributed by atoms with Gasteiger partial charge in [0.05, 0.1) is 18.6 Å². The summed E-state index contributed by atoms with van der Waals surface area (Å²) in [5.74, 6) is 0.225. The van der Waals surface area contributed by atoms with Crippen molar-refractivity contribution in [1.82, 2.24) is 14.5 Å². The number of nitrogens with one attached hydrogen (secondary N) is 1. The Hall–Kier alpha value is -2.91. The molecule has 9 heteroatoms. The molecule has 0 unspecified atom stereocenters. The van der Waals surface area contributed by atoms with Crippen molar-refractivity contribution in [3.05, 3.63) is 59.7 Å². The molecule has 8 nitrogen and oxygen atoms in total. The van der Waals surface area contributed by atoms with Gasteiger partial charge >= 0.3 is 0 Å². The first kappa shape index (κ1) is 28.3. The third kappa shape index (κ3) is 7.80. The number of rotatable bonds is 12. The summed E-state index contributed by atoms with van der Waals surface area (Å²) in [5, 5.41) is 2.90. The van der Waals surface area contributed by atoms with Crippen LogP contribution in [0, 0.1) is 12.8 Å². The van der Waals surface area contributed by atoms with Crippen molar-refractivity contribution >= 4 is 21.8 Å². The number of hydrogen-bond acceptors (Lipinski definition) is 5. The Bertz CT molecular complexity index is 1080. The standard InChI is InChI=1S/C26H37N3O5S/c1-7-24(26(31)27-16-19(2)3)29(17-21-10-12-22(34-6)13-11-21)25(30)18-28(5)35(32,33)23-14-8-20(4)9-15-23/h8-15,19,24H,7,16-18H2,1-6H3,(H,27,31)/t24-/m0/s1. The largest absolute Gasteiger partial charge is 0.497 e.